The lowest BCUT2D eigenvalue weighted by Crippen LogP contribution is -2.29. The van der Waals surface area contributed by atoms with E-state index in [1.54, 1.807) is 6.08 Å². The number of nitrogens with one attached hydrogen (secondary N) is 1. The van der Waals surface area contributed by atoms with Crippen molar-refractivity contribution in [3.63, 3.8) is 0 Å². The molecule has 0 aliphatic heterocycles. The Kier molecular flexibility index (Phi) is 13.0. The summed E-state index contributed by atoms with van der Waals surface area (Å²) >= 11 is 0. The molecule has 0 fully saturated rings. The van der Waals surface area contributed by atoms with E-state index in [4.69, 9.17) is 0 Å². The van der Waals surface area contributed by atoms with E-state index in [9.17, 15) is 5.11 Å². The minimum Gasteiger partial charge on any atom is -0.375 e. The summed E-state index contributed by atoms with van der Waals surface area (Å²) in [5.74, 6) is 0.555. The van der Waals surface area contributed by atoms with Crippen molar-refractivity contribution in [3.8, 4) is 0 Å². The summed E-state index contributed by atoms with van der Waals surface area (Å²) < 4.78 is 0. The highest BCUT2D eigenvalue weighted by Gasteiger charge is 1.97. The van der Waals surface area contributed by atoms with Crippen LogP contribution in [0.2, 0.25) is 0 Å². The minimum absolute atomic E-state index is 0.536. The summed E-state index contributed by atoms with van der Waals surface area (Å²) in [5, 5.41) is 12.6. The predicted molar refractivity (Wildman–Crippen MR) is 85.0 cm³/mol. The molecule has 0 amide bonds. The third kappa shape index (κ3) is 15.1. The van der Waals surface area contributed by atoms with Gasteiger partial charge in [-0.1, -0.05) is 51.0 Å². The molecule has 0 aliphatic carbocycles. The first-order valence-electron chi connectivity index (χ1n) is 7.52. The quantitative estimate of drug-likeness (QED) is 0.240. The lowest BCUT2D eigenvalue weighted by Gasteiger charge is -2.09. The van der Waals surface area contributed by atoms with Gasteiger partial charge in [0.25, 0.3) is 0 Å². The van der Waals surface area contributed by atoms with Crippen molar-refractivity contribution in [2.75, 3.05) is 6.54 Å². The van der Waals surface area contributed by atoms with Crippen LogP contribution in [0.5, 0.6) is 0 Å². The Morgan fingerprint density at radius 1 is 1.05 bits per heavy atom. The molecule has 0 heterocycles. The van der Waals surface area contributed by atoms with Gasteiger partial charge in [-0.2, -0.15) is 0 Å². The maximum atomic E-state index is 9.58. The van der Waals surface area contributed by atoms with Gasteiger partial charge in [0, 0.05) is 6.54 Å². The fraction of sp³-hybridized carbons (Fsp3) is 0.647. The van der Waals surface area contributed by atoms with Crippen LogP contribution in [0.1, 0.15) is 52.4 Å². The van der Waals surface area contributed by atoms with Crippen LogP contribution in [-0.2, 0) is 0 Å². The minimum atomic E-state index is -0.536. The zero-order valence-electron chi connectivity index (χ0n) is 12.6. The third-order valence-corrected chi connectivity index (χ3v) is 2.80. The SMILES string of the molecule is C=CCCCCCCC=CC=CC(O)NCC(C)C. The van der Waals surface area contributed by atoms with Crippen molar-refractivity contribution in [3.05, 3.63) is 37.0 Å². The highest BCUT2D eigenvalue weighted by atomic mass is 16.3. The fourth-order valence-corrected chi connectivity index (χ4v) is 1.67. The molecule has 110 valence electrons. The first-order chi connectivity index (χ1) is 9.16. The molecular weight excluding hydrogens is 234 g/mol. The number of aliphatic hydroxyl groups excluding tert-OH is 1. The largest absolute Gasteiger partial charge is 0.375 e. The second-order valence-corrected chi connectivity index (χ2v) is 5.34. The molecule has 1 unspecified atom stereocenters. The van der Waals surface area contributed by atoms with E-state index in [2.05, 4.69) is 31.8 Å². The summed E-state index contributed by atoms with van der Waals surface area (Å²) in [5.41, 5.74) is 0. The molecule has 0 saturated carbocycles. The monoisotopic (exact) mass is 265 g/mol. The Bertz CT molecular complexity index is 256. The molecule has 0 aromatic carbocycles. The van der Waals surface area contributed by atoms with Gasteiger partial charge in [-0.05, 0) is 37.7 Å². The van der Waals surface area contributed by atoms with Crippen molar-refractivity contribution in [2.24, 2.45) is 5.92 Å². The van der Waals surface area contributed by atoms with E-state index in [0.717, 1.165) is 19.4 Å². The van der Waals surface area contributed by atoms with Crippen LogP contribution in [-0.4, -0.2) is 17.9 Å². The van der Waals surface area contributed by atoms with Gasteiger partial charge in [0.05, 0.1) is 0 Å². The second-order valence-electron chi connectivity index (χ2n) is 5.34. The van der Waals surface area contributed by atoms with Gasteiger partial charge < -0.3 is 5.11 Å². The molecule has 2 N–H and O–H groups in total. The van der Waals surface area contributed by atoms with E-state index >= 15 is 0 Å². The molecule has 1 atom stereocenters. The van der Waals surface area contributed by atoms with Crippen LogP contribution in [0.4, 0.5) is 0 Å². The van der Waals surface area contributed by atoms with Crippen LogP contribution in [0.3, 0.4) is 0 Å². The molecular formula is C17H31NO. The molecule has 19 heavy (non-hydrogen) atoms. The fourth-order valence-electron chi connectivity index (χ4n) is 1.67. The number of hydrogen-bond acceptors (Lipinski definition) is 2. The average Bonchev–Trinajstić information content (AvgIpc) is 2.38. The molecule has 0 radical (unpaired) electrons. The zero-order chi connectivity index (χ0) is 14.3. The van der Waals surface area contributed by atoms with Gasteiger partial charge in [-0.25, -0.2) is 0 Å². The van der Waals surface area contributed by atoms with Crippen LogP contribution >= 0.6 is 0 Å². The molecule has 0 rings (SSSR count). The van der Waals surface area contributed by atoms with Gasteiger partial charge in [-0.3, -0.25) is 5.32 Å². The number of hydrogen-bond donors (Lipinski definition) is 2. The summed E-state index contributed by atoms with van der Waals surface area (Å²) in [6, 6.07) is 0. The van der Waals surface area contributed by atoms with Crippen molar-refractivity contribution in [2.45, 2.75) is 58.6 Å². The van der Waals surface area contributed by atoms with Crippen LogP contribution in [0.15, 0.2) is 37.0 Å². The van der Waals surface area contributed by atoms with Crippen LogP contribution < -0.4 is 5.32 Å². The highest BCUT2D eigenvalue weighted by molar-refractivity contribution is 5.04. The Labute approximate surface area is 119 Å². The lowest BCUT2D eigenvalue weighted by molar-refractivity contribution is 0.179. The molecule has 0 spiro atoms. The van der Waals surface area contributed by atoms with Gasteiger partial charge >= 0.3 is 0 Å². The molecule has 2 nitrogen and oxygen atoms in total. The normalized spacial score (nSPS) is 13.7. The molecule has 0 bridgehead atoms. The van der Waals surface area contributed by atoms with Crippen LogP contribution in [0, 0.1) is 5.92 Å². The number of aliphatic hydroxyl groups is 1. The standard InChI is InChI=1S/C17H31NO/c1-4-5-6-7-8-9-10-11-12-13-14-17(19)18-15-16(2)3/h4,11-14,16-19H,1,5-10,15H2,2-3H3. The maximum Gasteiger partial charge on any atom is 0.124 e. The van der Waals surface area contributed by atoms with Crippen molar-refractivity contribution >= 4 is 0 Å². The van der Waals surface area contributed by atoms with Gasteiger partial charge in [0.2, 0.25) is 0 Å². The van der Waals surface area contributed by atoms with Crippen molar-refractivity contribution in [1.29, 1.82) is 0 Å². The average molecular weight is 265 g/mol. The summed E-state index contributed by atoms with van der Waals surface area (Å²) in [7, 11) is 0. The number of allylic oxidation sites excluding steroid dienone is 4. The second kappa shape index (κ2) is 13.6. The molecule has 0 aliphatic rings. The van der Waals surface area contributed by atoms with Crippen molar-refractivity contribution in [1.82, 2.24) is 5.32 Å². The number of rotatable bonds is 12. The molecule has 0 aromatic heterocycles. The highest BCUT2D eigenvalue weighted by Crippen LogP contribution is 2.05. The Morgan fingerprint density at radius 3 is 2.37 bits per heavy atom. The lowest BCUT2D eigenvalue weighted by atomic mass is 10.1. The van der Waals surface area contributed by atoms with E-state index in [0.29, 0.717) is 5.92 Å². The van der Waals surface area contributed by atoms with Gasteiger partial charge in [0.1, 0.15) is 6.23 Å². The Hall–Kier alpha value is -0.860. The smallest absolute Gasteiger partial charge is 0.124 e. The zero-order valence-corrected chi connectivity index (χ0v) is 12.6. The van der Waals surface area contributed by atoms with Crippen molar-refractivity contribution < 1.29 is 5.11 Å². The predicted octanol–water partition coefficient (Wildman–Crippen LogP) is 4.19. The first kappa shape index (κ1) is 18.1. The van der Waals surface area contributed by atoms with E-state index in [1.807, 2.05) is 18.2 Å². The summed E-state index contributed by atoms with van der Waals surface area (Å²) in [4.78, 5) is 0. The molecule has 2 heteroatoms. The van der Waals surface area contributed by atoms with E-state index in [1.165, 1.54) is 25.7 Å². The van der Waals surface area contributed by atoms with Crippen LogP contribution in [0.25, 0.3) is 0 Å². The van der Waals surface area contributed by atoms with Gasteiger partial charge in [-0.15, -0.1) is 6.58 Å². The Morgan fingerprint density at radius 2 is 1.74 bits per heavy atom. The van der Waals surface area contributed by atoms with Gasteiger partial charge in [0.15, 0.2) is 0 Å². The molecule has 0 saturated heterocycles. The topological polar surface area (TPSA) is 32.3 Å². The number of unbranched alkanes of at least 4 members (excludes halogenated alkanes) is 5. The molecule has 0 aromatic rings. The summed E-state index contributed by atoms with van der Waals surface area (Å²) in [6.45, 7) is 8.80. The maximum absolute atomic E-state index is 9.58. The first-order valence-corrected chi connectivity index (χ1v) is 7.52. The third-order valence-electron chi connectivity index (χ3n) is 2.80. The van der Waals surface area contributed by atoms with E-state index in [-0.39, 0.29) is 0 Å². The van der Waals surface area contributed by atoms with E-state index < -0.39 is 6.23 Å². The Balaban J connectivity index is 3.43. The summed E-state index contributed by atoms with van der Waals surface area (Å²) in [6.07, 6.45) is 16.7.